The lowest BCUT2D eigenvalue weighted by molar-refractivity contribution is 0.648. The van der Waals surface area contributed by atoms with E-state index in [9.17, 15) is 0 Å². The average Bonchev–Trinajstić information content (AvgIpc) is 3.93. The Labute approximate surface area is 346 Å². The third kappa shape index (κ3) is 4.02. The second-order valence-electron chi connectivity index (χ2n) is 17.2. The molecule has 3 aliphatic rings. The van der Waals surface area contributed by atoms with E-state index in [2.05, 4.69) is 200 Å². The van der Waals surface area contributed by atoms with E-state index in [1.807, 2.05) is 0 Å². The van der Waals surface area contributed by atoms with Crippen LogP contribution in [0.4, 0.5) is 34.1 Å². The molecule has 0 unspecified atom stereocenters. The maximum Gasteiger partial charge on any atom is 0.252 e. The summed E-state index contributed by atoms with van der Waals surface area (Å²) in [5, 5.41) is 6.94. The number of fused-ring (bicyclic) bond motifs is 15. The molecule has 0 N–H and O–H groups in total. The fraction of sp³-hybridized carbons (Fsp3) is 0.0545. The number of benzene rings is 9. The molecule has 5 heteroatoms. The molecule has 2 aromatic heterocycles. The van der Waals surface area contributed by atoms with Gasteiger partial charge in [0, 0.05) is 55.4 Å². The predicted octanol–water partition coefficient (Wildman–Crippen LogP) is 13.0. The molecule has 280 valence electrons. The summed E-state index contributed by atoms with van der Waals surface area (Å²) in [6.07, 6.45) is 0. The second kappa shape index (κ2) is 11.4. The van der Waals surface area contributed by atoms with Gasteiger partial charge in [-0.1, -0.05) is 129 Å². The first-order valence-corrected chi connectivity index (χ1v) is 20.9. The Kier molecular flexibility index (Phi) is 6.15. The monoisotopic (exact) mass is 766 g/mol. The molecule has 0 atom stereocenters. The van der Waals surface area contributed by atoms with Crippen LogP contribution in [-0.2, 0) is 5.41 Å². The van der Waals surface area contributed by atoms with Crippen molar-refractivity contribution < 1.29 is 8.83 Å². The van der Waals surface area contributed by atoms with Crippen molar-refractivity contribution in [2.45, 2.75) is 19.3 Å². The molecule has 2 aliphatic heterocycles. The summed E-state index contributed by atoms with van der Waals surface area (Å²) in [6, 6.07) is 64.3. The van der Waals surface area contributed by atoms with Crippen molar-refractivity contribution >= 4 is 112 Å². The topological polar surface area (TPSA) is 32.8 Å². The van der Waals surface area contributed by atoms with E-state index in [1.54, 1.807) is 0 Å². The second-order valence-corrected chi connectivity index (χ2v) is 17.2. The summed E-state index contributed by atoms with van der Waals surface area (Å²) in [7, 11) is 0. The smallest absolute Gasteiger partial charge is 0.252 e. The van der Waals surface area contributed by atoms with Gasteiger partial charge in [-0.2, -0.15) is 0 Å². The molecule has 0 bridgehead atoms. The summed E-state index contributed by atoms with van der Waals surface area (Å²) in [5.74, 6) is 0. The molecule has 0 amide bonds. The quantitative estimate of drug-likeness (QED) is 0.164. The van der Waals surface area contributed by atoms with Crippen molar-refractivity contribution in [2.75, 3.05) is 9.80 Å². The first-order valence-electron chi connectivity index (χ1n) is 20.9. The molecule has 0 spiro atoms. The largest absolute Gasteiger partial charge is 0.456 e. The predicted molar refractivity (Wildman–Crippen MR) is 250 cm³/mol. The highest BCUT2D eigenvalue weighted by atomic mass is 16.3. The van der Waals surface area contributed by atoms with Gasteiger partial charge in [0.2, 0.25) is 0 Å². The van der Waals surface area contributed by atoms with Gasteiger partial charge >= 0.3 is 0 Å². The fourth-order valence-corrected chi connectivity index (χ4v) is 11.3. The molecule has 1 aliphatic carbocycles. The zero-order valence-electron chi connectivity index (χ0n) is 33.0. The summed E-state index contributed by atoms with van der Waals surface area (Å²) in [5.41, 5.74) is 19.3. The molecule has 14 rings (SSSR count). The average molecular weight is 767 g/mol. The molecular formula is C55H35BN2O2. The van der Waals surface area contributed by atoms with Crippen LogP contribution in [0.2, 0.25) is 0 Å². The van der Waals surface area contributed by atoms with Crippen molar-refractivity contribution in [3.05, 3.63) is 187 Å². The molecule has 11 aromatic rings. The molecule has 0 saturated heterocycles. The molecule has 60 heavy (non-hydrogen) atoms. The Morgan fingerprint density at radius 2 is 1.12 bits per heavy atom. The van der Waals surface area contributed by atoms with E-state index in [0.29, 0.717) is 0 Å². The number of furan rings is 2. The van der Waals surface area contributed by atoms with Gasteiger partial charge in [0.15, 0.2) is 5.58 Å². The standard InChI is InChI=1S/C55H35BN2O2/c1-55(2)40-18-7-5-16-35(40)37-31-38-36-17-6-12-25-47(36)60-54(38)53(51(37)55)58-44-22-11-9-20-42(44)56-41-19-8-10-21-43(41)57(45-23-13-24-46(58)52(45)56)33-27-29-48-39(30-33)50-34-15-4-3-14-32(34)26-28-49(50)59-48/h3-31H,1-2H3. The summed E-state index contributed by atoms with van der Waals surface area (Å²) in [6.45, 7) is 4.78. The molecule has 9 aromatic carbocycles. The molecular weight excluding hydrogens is 731 g/mol. The van der Waals surface area contributed by atoms with Crippen LogP contribution in [0.15, 0.2) is 185 Å². The number of para-hydroxylation sites is 3. The van der Waals surface area contributed by atoms with Crippen LogP contribution in [0.3, 0.4) is 0 Å². The number of anilines is 6. The van der Waals surface area contributed by atoms with Gasteiger partial charge in [-0.05, 0) is 110 Å². The Morgan fingerprint density at radius 3 is 1.97 bits per heavy atom. The van der Waals surface area contributed by atoms with Crippen LogP contribution >= 0.6 is 0 Å². The van der Waals surface area contributed by atoms with Crippen LogP contribution in [0.5, 0.6) is 0 Å². The highest BCUT2D eigenvalue weighted by Gasteiger charge is 2.46. The minimum atomic E-state index is -0.291. The number of rotatable bonds is 2. The van der Waals surface area contributed by atoms with E-state index >= 15 is 0 Å². The fourth-order valence-electron chi connectivity index (χ4n) is 11.3. The van der Waals surface area contributed by atoms with E-state index in [-0.39, 0.29) is 12.1 Å². The van der Waals surface area contributed by atoms with Crippen molar-refractivity contribution in [3.8, 4) is 11.1 Å². The Balaban J connectivity index is 1.08. The molecule has 0 radical (unpaired) electrons. The van der Waals surface area contributed by atoms with Crippen LogP contribution in [-0.4, -0.2) is 6.71 Å². The first-order chi connectivity index (χ1) is 29.5. The maximum absolute atomic E-state index is 7.07. The van der Waals surface area contributed by atoms with E-state index in [1.165, 1.54) is 72.2 Å². The van der Waals surface area contributed by atoms with Gasteiger partial charge in [0.05, 0.1) is 5.69 Å². The lowest BCUT2D eigenvalue weighted by Gasteiger charge is -2.44. The normalized spacial score (nSPS) is 14.5. The Morgan fingerprint density at radius 1 is 0.467 bits per heavy atom. The summed E-state index contributed by atoms with van der Waals surface area (Å²) in [4.78, 5) is 5.03. The van der Waals surface area contributed by atoms with Crippen molar-refractivity contribution in [3.63, 3.8) is 0 Å². The van der Waals surface area contributed by atoms with Crippen molar-refractivity contribution in [1.82, 2.24) is 0 Å². The minimum Gasteiger partial charge on any atom is -0.456 e. The molecule has 0 saturated carbocycles. The number of hydrogen-bond donors (Lipinski definition) is 0. The van der Waals surface area contributed by atoms with Gasteiger partial charge in [-0.15, -0.1) is 0 Å². The zero-order chi connectivity index (χ0) is 39.4. The molecule has 4 nitrogen and oxygen atoms in total. The van der Waals surface area contributed by atoms with Gasteiger partial charge in [0.1, 0.15) is 16.7 Å². The van der Waals surface area contributed by atoms with E-state index < -0.39 is 0 Å². The Hall–Kier alpha value is -7.50. The number of nitrogens with zero attached hydrogens (tertiary/aromatic N) is 2. The van der Waals surface area contributed by atoms with E-state index in [4.69, 9.17) is 8.83 Å². The number of hydrogen-bond acceptors (Lipinski definition) is 4. The van der Waals surface area contributed by atoms with Gasteiger partial charge < -0.3 is 18.6 Å². The third-order valence-corrected chi connectivity index (χ3v) is 13.8. The molecule has 0 fully saturated rings. The SMILES string of the molecule is CC1(C)c2ccccc2-c2cc3c(oc4ccccc43)c(N3c4ccccc4B4c5ccccc5N(c5ccc6oc7ccc8ccccc8c7c6c5)c5cccc3c54)c21. The first kappa shape index (κ1) is 32.5. The summed E-state index contributed by atoms with van der Waals surface area (Å²) < 4.78 is 13.6. The van der Waals surface area contributed by atoms with Crippen LogP contribution in [0, 0.1) is 0 Å². The van der Waals surface area contributed by atoms with Crippen LogP contribution < -0.4 is 26.2 Å². The van der Waals surface area contributed by atoms with Gasteiger partial charge in [0.25, 0.3) is 6.71 Å². The molecule has 4 heterocycles. The minimum absolute atomic E-state index is 0.0201. The third-order valence-electron chi connectivity index (χ3n) is 13.8. The van der Waals surface area contributed by atoms with Crippen molar-refractivity contribution in [1.29, 1.82) is 0 Å². The van der Waals surface area contributed by atoms with Crippen molar-refractivity contribution in [2.24, 2.45) is 0 Å². The zero-order valence-corrected chi connectivity index (χ0v) is 33.0. The van der Waals surface area contributed by atoms with E-state index in [0.717, 1.165) is 55.3 Å². The van der Waals surface area contributed by atoms with Crippen LogP contribution in [0.25, 0.3) is 65.8 Å². The van der Waals surface area contributed by atoms with Gasteiger partial charge in [-0.25, -0.2) is 0 Å². The maximum atomic E-state index is 7.07. The lowest BCUT2D eigenvalue weighted by atomic mass is 9.33. The lowest BCUT2D eigenvalue weighted by Crippen LogP contribution is -2.61. The Bertz CT molecular complexity index is 3690. The van der Waals surface area contributed by atoms with Crippen LogP contribution in [0.1, 0.15) is 25.0 Å². The highest BCUT2D eigenvalue weighted by molar-refractivity contribution is 7.00. The van der Waals surface area contributed by atoms with Gasteiger partial charge in [-0.3, -0.25) is 0 Å². The summed E-state index contributed by atoms with van der Waals surface area (Å²) >= 11 is 0. The highest BCUT2D eigenvalue weighted by Crippen LogP contribution is 2.58.